The van der Waals surface area contributed by atoms with Crippen LogP contribution in [0.15, 0.2) is 83.5 Å². The standard InChI is InChI=1S/C27H22N2O5/c28-27(32)20-9-4-10-21-25(20)26-22(29(21)15-17-6-2-1-3-7-17)13-18(12-19-8-5-11-33-19)14-23(26)34-16-24(30)31/h1-11,13-14H,12,15-16H2,(H2,28,32)(H,30,31). The second-order valence-corrected chi connectivity index (χ2v) is 8.06. The van der Waals surface area contributed by atoms with Crippen molar-refractivity contribution in [2.45, 2.75) is 13.0 Å². The minimum atomic E-state index is -1.09. The van der Waals surface area contributed by atoms with Crippen LogP contribution in [-0.4, -0.2) is 28.2 Å². The summed E-state index contributed by atoms with van der Waals surface area (Å²) in [6, 6.07) is 22.9. The summed E-state index contributed by atoms with van der Waals surface area (Å²) < 4.78 is 13.4. The molecule has 3 aromatic carbocycles. The normalized spacial score (nSPS) is 11.2. The molecule has 5 aromatic rings. The lowest BCUT2D eigenvalue weighted by Crippen LogP contribution is -2.12. The van der Waals surface area contributed by atoms with E-state index in [1.807, 2.05) is 54.6 Å². The van der Waals surface area contributed by atoms with Gasteiger partial charge in [-0.1, -0.05) is 36.4 Å². The van der Waals surface area contributed by atoms with Crippen molar-refractivity contribution in [1.82, 2.24) is 4.57 Å². The van der Waals surface area contributed by atoms with Crippen molar-refractivity contribution < 1.29 is 23.8 Å². The summed E-state index contributed by atoms with van der Waals surface area (Å²) in [4.78, 5) is 23.7. The molecule has 0 bridgehead atoms. The molecule has 34 heavy (non-hydrogen) atoms. The number of primary amides is 1. The SMILES string of the molecule is NC(=O)c1cccc2c1c1c(OCC(=O)O)cc(Cc3ccco3)cc1n2Cc1ccccc1. The third-order valence-electron chi connectivity index (χ3n) is 5.77. The number of aliphatic carboxylic acids is 1. The molecule has 0 saturated heterocycles. The van der Waals surface area contributed by atoms with Crippen LogP contribution in [0.3, 0.4) is 0 Å². The third-order valence-corrected chi connectivity index (χ3v) is 5.77. The van der Waals surface area contributed by atoms with Gasteiger partial charge in [0.1, 0.15) is 11.5 Å². The highest BCUT2D eigenvalue weighted by Crippen LogP contribution is 2.39. The van der Waals surface area contributed by atoms with Crippen LogP contribution < -0.4 is 10.5 Å². The van der Waals surface area contributed by atoms with Crippen LogP contribution in [-0.2, 0) is 17.8 Å². The largest absolute Gasteiger partial charge is 0.481 e. The second-order valence-electron chi connectivity index (χ2n) is 8.06. The van der Waals surface area contributed by atoms with Gasteiger partial charge < -0.3 is 24.6 Å². The topological polar surface area (TPSA) is 108 Å². The van der Waals surface area contributed by atoms with Crippen molar-refractivity contribution in [3.8, 4) is 5.75 Å². The number of nitrogens with two attached hydrogens (primary N) is 1. The number of fused-ring (bicyclic) bond motifs is 3. The Hall–Kier alpha value is -4.52. The van der Waals surface area contributed by atoms with Crippen molar-refractivity contribution in [2.75, 3.05) is 6.61 Å². The lowest BCUT2D eigenvalue weighted by molar-refractivity contribution is -0.139. The Bertz CT molecular complexity index is 1500. The van der Waals surface area contributed by atoms with Gasteiger partial charge >= 0.3 is 5.97 Å². The van der Waals surface area contributed by atoms with Crippen molar-refractivity contribution in [2.24, 2.45) is 5.73 Å². The first kappa shape index (κ1) is 21.3. The van der Waals surface area contributed by atoms with E-state index in [0.29, 0.717) is 35.1 Å². The summed E-state index contributed by atoms with van der Waals surface area (Å²) >= 11 is 0. The molecule has 5 rings (SSSR count). The number of amides is 1. The van der Waals surface area contributed by atoms with Crippen molar-refractivity contribution >= 4 is 33.7 Å². The Labute approximate surface area is 195 Å². The van der Waals surface area contributed by atoms with Gasteiger partial charge in [0, 0.05) is 23.9 Å². The van der Waals surface area contributed by atoms with Crippen LogP contribution in [0.25, 0.3) is 21.8 Å². The molecule has 0 unspecified atom stereocenters. The molecule has 0 atom stereocenters. The zero-order valence-electron chi connectivity index (χ0n) is 18.2. The van der Waals surface area contributed by atoms with Crippen LogP contribution in [0.2, 0.25) is 0 Å². The first-order valence-electron chi connectivity index (χ1n) is 10.8. The number of carboxylic acid groups (broad SMARTS) is 1. The van der Waals surface area contributed by atoms with E-state index < -0.39 is 18.5 Å². The number of nitrogens with zero attached hydrogens (tertiary/aromatic N) is 1. The number of aromatic nitrogens is 1. The van der Waals surface area contributed by atoms with Crippen molar-refractivity contribution in [1.29, 1.82) is 0 Å². The van der Waals surface area contributed by atoms with Crippen molar-refractivity contribution in [3.05, 3.63) is 102 Å². The van der Waals surface area contributed by atoms with Gasteiger partial charge in [0.05, 0.1) is 22.7 Å². The molecule has 7 nitrogen and oxygen atoms in total. The summed E-state index contributed by atoms with van der Waals surface area (Å²) in [5, 5.41) is 10.6. The van der Waals surface area contributed by atoms with E-state index in [4.69, 9.17) is 14.9 Å². The first-order chi connectivity index (χ1) is 16.5. The summed E-state index contributed by atoms with van der Waals surface area (Å²) in [6.07, 6.45) is 2.11. The summed E-state index contributed by atoms with van der Waals surface area (Å²) in [5.74, 6) is -0.500. The molecule has 3 N–H and O–H groups in total. The highest BCUT2D eigenvalue weighted by Gasteiger charge is 2.21. The predicted molar refractivity (Wildman–Crippen MR) is 128 cm³/mol. The fourth-order valence-electron chi connectivity index (χ4n) is 4.39. The van der Waals surface area contributed by atoms with Gasteiger partial charge in [0.15, 0.2) is 6.61 Å². The molecule has 1 amide bonds. The number of rotatable bonds is 8. The van der Waals surface area contributed by atoms with Gasteiger partial charge in [-0.3, -0.25) is 4.79 Å². The van der Waals surface area contributed by atoms with Crippen LogP contribution >= 0.6 is 0 Å². The summed E-state index contributed by atoms with van der Waals surface area (Å²) in [7, 11) is 0. The maximum atomic E-state index is 12.3. The number of hydrogen-bond donors (Lipinski definition) is 2. The van der Waals surface area contributed by atoms with E-state index in [-0.39, 0.29) is 0 Å². The van der Waals surface area contributed by atoms with Crippen molar-refractivity contribution in [3.63, 3.8) is 0 Å². The van der Waals surface area contributed by atoms with Crippen LogP contribution in [0, 0.1) is 0 Å². The van der Waals surface area contributed by atoms with E-state index in [9.17, 15) is 14.7 Å². The van der Waals surface area contributed by atoms with E-state index in [1.165, 1.54) is 0 Å². The van der Waals surface area contributed by atoms with Gasteiger partial charge in [-0.25, -0.2) is 4.79 Å². The molecule has 0 radical (unpaired) electrons. The lowest BCUT2D eigenvalue weighted by atomic mass is 10.0. The van der Waals surface area contributed by atoms with E-state index >= 15 is 0 Å². The minimum absolute atomic E-state index is 0.355. The second kappa shape index (κ2) is 8.78. The van der Waals surface area contributed by atoms with Gasteiger partial charge in [0.2, 0.25) is 5.91 Å². The number of hydrogen-bond acceptors (Lipinski definition) is 4. The monoisotopic (exact) mass is 454 g/mol. The molecule has 2 aromatic heterocycles. The van der Waals surface area contributed by atoms with E-state index in [1.54, 1.807) is 24.5 Å². The molecular formula is C27H22N2O5. The lowest BCUT2D eigenvalue weighted by Gasteiger charge is -2.11. The number of carbonyl (C=O) groups excluding carboxylic acids is 1. The molecule has 0 saturated carbocycles. The zero-order valence-corrected chi connectivity index (χ0v) is 18.2. The van der Waals surface area contributed by atoms with Crippen LogP contribution in [0.1, 0.15) is 27.2 Å². The molecular weight excluding hydrogens is 432 g/mol. The highest BCUT2D eigenvalue weighted by molar-refractivity contribution is 6.20. The number of carboxylic acids is 1. The average Bonchev–Trinajstić information content (AvgIpc) is 3.44. The minimum Gasteiger partial charge on any atom is -0.481 e. The van der Waals surface area contributed by atoms with Gasteiger partial charge in [-0.2, -0.15) is 0 Å². The van der Waals surface area contributed by atoms with Gasteiger partial charge in [0.25, 0.3) is 0 Å². The number of ether oxygens (including phenoxy) is 1. The summed E-state index contributed by atoms with van der Waals surface area (Å²) in [5.41, 5.74) is 9.68. The molecule has 0 fully saturated rings. The zero-order chi connectivity index (χ0) is 23.7. The van der Waals surface area contributed by atoms with Crippen LogP contribution in [0.4, 0.5) is 0 Å². The maximum absolute atomic E-state index is 12.3. The molecule has 0 aliphatic rings. The molecule has 0 aliphatic carbocycles. The molecule has 170 valence electrons. The number of benzene rings is 3. The Morgan fingerprint density at radius 1 is 0.912 bits per heavy atom. The fraction of sp³-hybridized carbons (Fsp3) is 0.111. The Kier molecular flexibility index (Phi) is 5.51. The van der Waals surface area contributed by atoms with Gasteiger partial charge in [-0.15, -0.1) is 0 Å². The van der Waals surface area contributed by atoms with Crippen LogP contribution in [0.5, 0.6) is 5.75 Å². The van der Waals surface area contributed by atoms with E-state index in [2.05, 4.69) is 4.57 Å². The molecule has 0 spiro atoms. The smallest absolute Gasteiger partial charge is 0.341 e. The maximum Gasteiger partial charge on any atom is 0.341 e. The number of furan rings is 1. The Balaban J connectivity index is 1.81. The highest BCUT2D eigenvalue weighted by atomic mass is 16.5. The molecule has 2 heterocycles. The Morgan fingerprint density at radius 2 is 1.74 bits per heavy atom. The fourth-order valence-corrected chi connectivity index (χ4v) is 4.39. The van der Waals surface area contributed by atoms with Gasteiger partial charge in [-0.05, 0) is 47.5 Å². The van der Waals surface area contributed by atoms with E-state index in [0.717, 1.165) is 27.9 Å². The Morgan fingerprint density at radius 3 is 2.44 bits per heavy atom. The number of carbonyl (C=O) groups is 2. The summed E-state index contributed by atoms with van der Waals surface area (Å²) in [6.45, 7) is 0.0367. The molecule has 0 aliphatic heterocycles. The third kappa shape index (κ3) is 3.99. The quantitative estimate of drug-likeness (QED) is 0.357. The molecule has 7 heteroatoms. The average molecular weight is 454 g/mol. The predicted octanol–water partition coefficient (Wildman–Crippen LogP) is 4.59. The first-order valence-corrected chi connectivity index (χ1v) is 10.8.